The number of ether oxygens (including phenoxy) is 3. The lowest BCUT2D eigenvalue weighted by Gasteiger charge is -2.71. The maximum Gasteiger partial charge on any atom is 0.309 e. The molecular weight excluding hydrogens is 632 g/mol. The van der Waals surface area contributed by atoms with Crippen LogP contribution in [0.3, 0.4) is 0 Å². The predicted molar refractivity (Wildman–Crippen MR) is 177 cm³/mol. The third-order valence-corrected chi connectivity index (χ3v) is 15.5. The molecule has 0 spiro atoms. The summed E-state index contributed by atoms with van der Waals surface area (Å²) in [5.74, 6) is -2.03. The standard InChI is InChI=1S/C38H58O11/c1-19(39)47-18-23-27(42)28(43)29(44)31(48-23)49-26-9-10-36(6)24(33(26,2)3)16-25(41)38(8)30(36)22(40)15-20-21-17-35(5,32(45)46)12-11-34(21,4)13-14-37(20,38)7/h15,21,23-31,41-44H,9-14,16-18H2,1-8H3,(H,45,46). The number of rotatable bonds is 5. The highest BCUT2D eigenvalue weighted by atomic mass is 16.7. The molecule has 276 valence electrons. The number of ketones is 1. The average molecular weight is 691 g/mol. The Bertz CT molecular complexity index is 1410. The first-order chi connectivity index (χ1) is 22.6. The van der Waals surface area contributed by atoms with Crippen LogP contribution in [0.15, 0.2) is 11.6 Å². The summed E-state index contributed by atoms with van der Waals surface area (Å²) >= 11 is 0. The van der Waals surface area contributed by atoms with E-state index in [1.807, 2.05) is 13.0 Å². The summed E-state index contributed by atoms with van der Waals surface area (Å²) in [6.45, 7) is 15.6. The van der Waals surface area contributed by atoms with Crippen LogP contribution < -0.4 is 0 Å². The first-order valence-corrected chi connectivity index (χ1v) is 18.2. The molecule has 1 saturated heterocycles. The lowest BCUT2D eigenvalue weighted by Crippen LogP contribution is -2.71. The topological polar surface area (TPSA) is 180 Å². The van der Waals surface area contributed by atoms with Crippen LogP contribution in [0.4, 0.5) is 0 Å². The Morgan fingerprint density at radius 3 is 2.20 bits per heavy atom. The second-order valence-electron chi connectivity index (χ2n) is 18.4. The van der Waals surface area contributed by atoms with Gasteiger partial charge in [-0.05, 0) is 97.9 Å². The number of carboxylic acid groups (broad SMARTS) is 1. The van der Waals surface area contributed by atoms with Crippen LogP contribution in [-0.4, -0.2) is 92.8 Å². The van der Waals surface area contributed by atoms with Crippen molar-refractivity contribution >= 4 is 17.7 Å². The molecule has 0 aromatic heterocycles. The van der Waals surface area contributed by atoms with Crippen LogP contribution in [0.5, 0.6) is 0 Å². The SMILES string of the molecule is CC(=O)OCC1OC(OC2CCC3(C)C(CC(O)C4(C)C3C(=O)C=C3C5CC(C)(C(=O)O)CCC5(C)CCC34C)C2(C)C)C(O)C(O)C1O. The van der Waals surface area contributed by atoms with E-state index in [2.05, 4.69) is 41.5 Å². The predicted octanol–water partition coefficient (Wildman–Crippen LogP) is 3.78. The Morgan fingerprint density at radius 2 is 1.57 bits per heavy atom. The van der Waals surface area contributed by atoms with Gasteiger partial charge in [-0.1, -0.05) is 47.1 Å². The maximum absolute atomic E-state index is 14.7. The fraction of sp³-hybridized carbons (Fsp3) is 0.868. The number of aliphatic carboxylic acids is 1. The zero-order valence-corrected chi connectivity index (χ0v) is 30.4. The van der Waals surface area contributed by atoms with E-state index in [0.29, 0.717) is 32.1 Å². The molecule has 0 radical (unpaired) electrons. The molecule has 6 aliphatic rings. The number of allylic oxidation sites excluding steroid dienone is 2. The van der Waals surface area contributed by atoms with Gasteiger partial charge in [0, 0.05) is 18.3 Å². The number of carbonyl (C=O) groups excluding carboxylic acids is 2. The highest BCUT2D eigenvalue weighted by molar-refractivity contribution is 5.96. The lowest BCUT2D eigenvalue weighted by atomic mass is 9.33. The van der Waals surface area contributed by atoms with Gasteiger partial charge < -0.3 is 39.7 Å². The van der Waals surface area contributed by atoms with E-state index in [9.17, 15) is 39.9 Å². The molecule has 6 rings (SSSR count). The van der Waals surface area contributed by atoms with Gasteiger partial charge >= 0.3 is 11.9 Å². The number of aliphatic hydroxyl groups is 4. The van der Waals surface area contributed by atoms with Crippen LogP contribution in [-0.2, 0) is 28.6 Å². The number of hydrogen-bond donors (Lipinski definition) is 5. The maximum atomic E-state index is 14.7. The van der Waals surface area contributed by atoms with Crippen molar-refractivity contribution < 1.29 is 54.1 Å². The second kappa shape index (κ2) is 11.8. The molecular formula is C38H58O11. The van der Waals surface area contributed by atoms with E-state index in [1.54, 1.807) is 0 Å². The van der Waals surface area contributed by atoms with E-state index >= 15 is 0 Å². The highest BCUT2D eigenvalue weighted by Crippen LogP contribution is 2.75. The van der Waals surface area contributed by atoms with Crippen molar-refractivity contribution in [3.8, 4) is 0 Å². The molecule has 15 unspecified atom stereocenters. The summed E-state index contributed by atoms with van der Waals surface area (Å²) in [4.78, 5) is 38.5. The molecule has 11 nitrogen and oxygen atoms in total. The summed E-state index contributed by atoms with van der Waals surface area (Å²) in [7, 11) is 0. The Balaban J connectivity index is 1.31. The summed E-state index contributed by atoms with van der Waals surface area (Å²) in [6.07, 6.45) is -1.23. The smallest absolute Gasteiger partial charge is 0.309 e. The monoisotopic (exact) mass is 690 g/mol. The van der Waals surface area contributed by atoms with Gasteiger partial charge in [0.25, 0.3) is 0 Å². The Kier molecular flexibility index (Phi) is 8.90. The quantitative estimate of drug-likeness (QED) is 0.209. The zero-order valence-electron chi connectivity index (χ0n) is 30.4. The first-order valence-electron chi connectivity index (χ1n) is 18.2. The Morgan fingerprint density at radius 1 is 0.918 bits per heavy atom. The number of carbonyl (C=O) groups is 3. The molecule has 49 heavy (non-hydrogen) atoms. The van der Waals surface area contributed by atoms with Crippen LogP contribution in [0.25, 0.3) is 0 Å². The van der Waals surface area contributed by atoms with Gasteiger partial charge in [0.05, 0.1) is 17.6 Å². The third-order valence-electron chi connectivity index (χ3n) is 15.5. The number of esters is 1. The zero-order chi connectivity index (χ0) is 36.3. The fourth-order valence-corrected chi connectivity index (χ4v) is 12.1. The van der Waals surface area contributed by atoms with Crippen molar-refractivity contribution in [2.45, 2.75) is 150 Å². The minimum absolute atomic E-state index is 0.0136. The number of aliphatic hydroxyl groups excluding tert-OH is 4. The minimum Gasteiger partial charge on any atom is -0.481 e. The summed E-state index contributed by atoms with van der Waals surface area (Å²) < 4.78 is 17.3. The molecule has 5 N–H and O–H groups in total. The van der Waals surface area contributed by atoms with E-state index in [4.69, 9.17) is 14.2 Å². The van der Waals surface area contributed by atoms with Gasteiger partial charge in [0.15, 0.2) is 12.1 Å². The molecule has 4 saturated carbocycles. The molecule has 15 atom stereocenters. The molecule has 0 bridgehead atoms. The van der Waals surface area contributed by atoms with E-state index < -0.39 is 87.8 Å². The molecule has 0 aromatic rings. The van der Waals surface area contributed by atoms with Crippen molar-refractivity contribution in [2.24, 2.45) is 50.2 Å². The van der Waals surface area contributed by atoms with Gasteiger partial charge in [0.2, 0.25) is 0 Å². The minimum atomic E-state index is -1.58. The van der Waals surface area contributed by atoms with Gasteiger partial charge in [0.1, 0.15) is 31.0 Å². The first kappa shape index (κ1) is 36.9. The summed E-state index contributed by atoms with van der Waals surface area (Å²) in [6, 6.07) is 0. The molecule has 5 aliphatic carbocycles. The van der Waals surface area contributed by atoms with Crippen molar-refractivity contribution in [1.29, 1.82) is 0 Å². The summed E-state index contributed by atoms with van der Waals surface area (Å²) in [5, 5.41) is 54.6. The Hall–Kier alpha value is -1.89. The van der Waals surface area contributed by atoms with Gasteiger partial charge in [-0.25, -0.2) is 0 Å². The summed E-state index contributed by atoms with van der Waals surface area (Å²) in [5.41, 5.74) is -2.30. The molecule has 1 heterocycles. The average Bonchev–Trinajstić information content (AvgIpc) is 3.01. The number of fused-ring (bicyclic) bond motifs is 7. The van der Waals surface area contributed by atoms with Gasteiger partial charge in [-0.15, -0.1) is 0 Å². The van der Waals surface area contributed by atoms with E-state index in [1.165, 1.54) is 6.92 Å². The number of hydrogen-bond acceptors (Lipinski definition) is 10. The van der Waals surface area contributed by atoms with Crippen molar-refractivity contribution in [2.75, 3.05) is 6.61 Å². The van der Waals surface area contributed by atoms with Crippen LogP contribution >= 0.6 is 0 Å². The van der Waals surface area contributed by atoms with Crippen molar-refractivity contribution in [1.82, 2.24) is 0 Å². The fourth-order valence-electron chi connectivity index (χ4n) is 12.1. The van der Waals surface area contributed by atoms with Gasteiger partial charge in [-0.2, -0.15) is 0 Å². The molecule has 1 aliphatic heterocycles. The van der Waals surface area contributed by atoms with Crippen molar-refractivity contribution in [3.63, 3.8) is 0 Å². The molecule has 11 heteroatoms. The van der Waals surface area contributed by atoms with Gasteiger partial charge in [-0.3, -0.25) is 14.4 Å². The second-order valence-corrected chi connectivity index (χ2v) is 18.4. The largest absolute Gasteiger partial charge is 0.481 e. The van der Waals surface area contributed by atoms with E-state index in [0.717, 1.165) is 24.8 Å². The third kappa shape index (κ3) is 5.22. The lowest BCUT2D eigenvalue weighted by molar-refractivity contribution is -0.331. The van der Waals surface area contributed by atoms with Crippen LogP contribution in [0, 0.1) is 50.2 Å². The highest BCUT2D eigenvalue weighted by Gasteiger charge is 2.73. The van der Waals surface area contributed by atoms with Crippen LogP contribution in [0.1, 0.15) is 107 Å². The number of carboxylic acids is 1. The Labute approximate surface area is 289 Å². The molecule has 5 fully saturated rings. The van der Waals surface area contributed by atoms with Crippen molar-refractivity contribution in [3.05, 3.63) is 11.6 Å². The normalized spacial score (nSPS) is 52.1. The van der Waals surface area contributed by atoms with E-state index in [-0.39, 0.29) is 29.6 Å². The molecule has 0 amide bonds. The molecule has 0 aromatic carbocycles. The van der Waals surface area contributed by atoms with Crippen LogP contribution in [0.2, 0.25) is 0 Å².